The van der Waals surface area contributed by atoms with E-state index in [2.05, 4.69) is 25.3 Å². The number of rotatable bonds is 5. The zero-order valence-corrected chi connectivity index (χ0v) is 12.6. The van der Waals surface area contributed by atoms with Crippen LogP contribution in [0, 0.1) is 0 Å². The number of nitrogens with two attached hydrogens (primary N) is 1. The van der Waals surface area contributed by atoms with E-state index in [9.17, 15) is 0 Å². The molecular formula is C12H20N6O2S. The van der Waals surface area contributed by atoms with E-state index < -0.39 is 0 Å². The van der Waals surface area contributed by atoms with Crippen molar-refractivity contribution in [1.29, 1.82) is 0 Å². The quantitative estimate of drug-likeness (QED) is 0.451. The maximum absolute atomic E-state index is 5.62. The predicted molar refractivity (Wildman–Crippen MR) is 80.4 cm³/mol. The standard InChI is InChI=1S/C12H20N6O2S/c13-17-10-14-11(18-3-6-19-7-4-18)16-12(15-10)21-8-9-2-1-5-20-9/h9H,1-8,13H2,(H,14,15,16,17). The maximum atomic E-state index is 5.62. The predicted octanol–water partition coefficient (Wildman–Crippen LogP) is 0.265. The molecule has 0 saturated carbocycles. The van der Waals surface area contributed by atoms with E-state index in [1.807, 2.05) is 0 Å². The molecule has 1 atom stereocenters. The number of morpholine rings is 1. The number of aromatic nitrogens is 3. The Morgan fingerprint density at radius 2 is 2.10 bits per heavy atom. The Balaban J connectivity index is 1.69. The molecule has 2 fully saturated rings. The Morgan fingerprint density at radius 3 is 2.81 bits per heavy atom. The lowest BCUT2D eigenvalue weighted by Crippen LogP contribution is -2.37. The van der Waals surface area contributed by atoms with Crippen LogP contribution in [0.3, 0.4) is 0 Å². The van der Waals surface area contributed by atoms with Gasteiger partial charge in [0.2, 0.25) is 11.9 Å². The molecule has 8 nitrogen and oxygen atoms in total. The molecule has 2 aliphatic rings. The third-order valence-electron chi connectivity index (χ3n) is 3.45. The molecule has 0 aliphatic carbocycles. The van der Waals surface area contributed by atoms with Crippen LogP contribution < -0.4 is 16.2 Å². The van der Waals surface area contributed by atoms with Gasteiger partial charge in [0.25, 0.3) is 0 Å². The first-order valence-corrected chi connectivity index (χ1v) is 8.13. The van der Waals surface area contributed by atoms with Gasteiger partial charge in [0.15, 0.2) is 5.16 Å². The van der Waals surface area contributed by atoms with Crippen molar-refractivity contribution in [3.8, 4) is 0 Å². The topological polar surface area (TPSA) is 98.4 Å². The first kappa shape index (κ1) is 14.8. The van der Waals surface area contributed by atoms with Crippen LogP contribution in [0.25, 0.3) is 0 Å². The number of hydrogen-bond donors (Lipinski definition) is 2. The van der Waals surface area contributed by atoms with Gasteiger partial charge in [-0.25, -0.2) is 5.84 Å². The number of nitrogens with zero attached hydrogens (tertiary/aromatic N) is 4. The van der Waals surface area contributed by atoms with Gasteiger partial charge in [0.1, 0.15) is 0 Å². The zero-order chi connectivity index (χ0) is 14.5. The van der Waals surface area contributed by atoms with Crippen LogP contribution >= 0.6 is 11.8 Å². The lowest BCUT2D eigenvalue weighted by atomic mass is 10.3. The van der Waals surface area contributed by atoms with Crippen LogP contribution in [-0.4, -0.2) is 59.7 Å². The summed E-state index contributed by atoms with van der Waals surface area (Å²) in [4.78, 5) is 15.2. The average molecular weight is 312 g/mol. The number of anilines is 2. The fraction of sp³-hybridized carbons (Fsp3) is 0.750. The second kappa shape index (κ2) is 7.21. The van der Waals surface area contributed by atoms with Gasteiger partial charge >= 0.3 is 0 Å². The van der Waals surface area contributed by atoms with Crippen LogP contribution in [0.4, 0.5) is 11.9 Å². The van der Waals surface area contributed by atoms with Crippen LogP contribution in [0.15, 0.2) is 5.16 Å². The Morgan fingerprint density at radius 1 is 1.24 bits per heavy atom. The van der Waals surface area contributed by atoms with E-state index in [1.54, 1.807) is 11.8 Å². The smallest absolute Gasteiger partial charge is 0.242 e. The molecule has 9 heteroatoms. The Hall–Kier alpha value is -1.16. The van der Waals surface area contributed by atoms with Crippen molar-refractivity contribution in [1.82, 2.24) is 15.0 Å². The van der Waals surface area contributed by atoms with E-state index >= 15 is 0 Å². The van der Waals surface area contributed by atoms with Crippen molar-refractivity contribution in [3.63, 3.8) is 0 Å². The number of hydrogen-bond acceptors (Lipinski definition) is 9. The summed E-state index contributed by atoms with van der Waals surface area (Å²) in [6.45, 7) is 3.80. The molecule has 3 N–H and O–H groups in total. The normalized spacial score (nSPS) is 22.5. The molecule has 2 saturated heterocycles. The molecule has 1 unspecified atom stereocenters. The molecule has 0 bridgehead atoms. The van der Waals surface area contributed by atoms with Crippen molar-refractivity contribution < 1.29 is 9.47 Å². The van der Waals surface area contributed by atoms with Crippen LogP contribution in [0.2, 0.25) is 0 Å². The summed E-state index contributed by atoms with van der Waals surface area (Å²) in [6.07, 6.45) is 2.54. The van der Waals surface area contributed by atoms with E-state index in [4.69, 9.17) is 15.3 Å². The molecule has 21 heavy (non-hydrogen) atoms. The number of ether oxygens (including phenoxy) is 2. The van der Waals surface area contributed by atoms with Gasteiger partial charge in [-0.05, 0) is 12.8 Å². The summed E-state index contributed by atoms with van der Waals surface area (Å²) in [5.74, 6) is 7.35. The fourth-order valence-electron chi connectivity index (χ4n) is 2.32. The number of hydrazine groups is 1. The molecule has 3 rings (SSSR count). The Kier molecular flexibility index (Phi) is 5.07. The highest BCUT2D eigenvalue weighted by Gasteiger charge is 2.19. The van der Waals surface area contributed by atoms with E-state index in [0.29, 0.717) is 36.4 Å². The Labute approximate surface area is 127 Å². The lowest BCUT2D eigenvalue weighted by molar-refractivity contribution is 0.122. The fourth-order valence-corrected chi connectivity index (χ4v) is 3.22. The van der Waals surface area contributed by atoms with Gasteiger partial charge in [-0.2, -0.15) is 15.0 Å². The SMILES string of the molecule is NNc1nc(SCC2CCCO2)nc(N2CCOCC2)n1. The van der Waals surface area contributed by atoms with Crippen LogP contribution in [0.5, 0.6) is 0 Å². The number of nitrogens with one attached hydrogen (secondary N) is 1. The molecule has 1 aromatic rings. The first-order valence-electron chi connectivity index (χ1n) is 7.15. The van der Waals surface area contributed by atoms with E-state index in [-0.39, 0.29) is 0 Å². The van der Waals surface area contributed by atoms with Crippen molar-refractivity contribution in [2.75, 3.05) is 49.0 Å². The van der Waals surface area contributed by atoms with Crippen molar-refractivity contribution in [2.45, 2.75) is 24.1 Å². The van der Waals surface area contributed by atoms with Crippen molar-refractivity contribution >= 4 is 23.7 Å². The molecule has 0 spiro atoms. The molecular weight excluding hydrogens is 292 g/mol. The van der Waals surface area contributed by atoms with E-state index in [0.717, 1.165) is 38.3 Å². The summed E-state index contributed by atoms with van der Waals surface area (Å²) >= 11 is 1.58. The summed E-state index contributed by atoms with van der Waals surface area (Å²) in [5, 5.41) is 0.676. The molecule has 0 aromatic carbocycles. The molecule has 2 aliphatic heterocycles. The van der Waals surface area contributed by atoms with Crippen molar-refractivity contribution in [2.24, 2.45) is 5.84 Å². The largest absolute Gasteiger partial charge is 0.378 e. The second-order valence-electron chi connectivity index (χ2n) is 4.93. The summed E-state index contributed by atoms with van der Waals surface area (Å²) in [7, 11) is 0. The number of nitrogen functional groups attached to an aromatic ring is 1. The van der Waals surface area contributed by atoms with E-state index in [1.165, 1.54) is 0 Å². The lowest BCUT2D eigenvalue weighted by Gasteiger charge is -2.27. The third-order valence-corrected chi connectivity index (χ3v) is 4.43. The third kappa shape index (κ3) is 3.94. The van der Waals surface area contributed by atoms with Gasteiger partial charge in [0.05, 0.1) is 19.3 Å². The number of thioether (sulfide) groups is 1. The minimum absolute atomic E-state index is 0.299. The highest BCUT2D eigenvalue weighted by Crippen LogP contribution is 2.23. The highest BCUT2D eigenvalue weighted by atomic mass is 32.2. The molecule has 1 aromatic heterocycles. The minimum atomic E-state index is 0.299. The summed E-state index contributed by atoms with van der Waals surface area (Å²) in [6, 6.07) is 0. The van der Waals surface area contributed by atoms with Gasteiger partial charge in [-0.15, -0.1) is 0 Å². The second-order valence-corrected chi connectivity index (χ2v) is 5.92. The monoisotopic (exact) mass is 312 g/mol. The van der Waals surface area contributed by atoms with Crippen molar-refractivity contribution in [3.05, 3.63) is 0 Å². The molecule has 3 heterocycles. The average Bonchev–Trinajstić information content (AvgIpc) is 3.07. The molecule has 0 radical (unpaired) electrons. The first-order chi connectivity index (χ1) is 10.3. The summed E-state index contributed by atoms with van der Waals surface area (Å²) in [5.41, 5.74) is 2.51. The molecule has 0 amide bonds. The van der Waals surface area contributed by atoms with Crippen LogP contribution in [0.1, 0.15) is 12.8 Å². The summed E-state index contributed by atoms with van der Waals surface area (Å²) < 4.78 is 11.0. The zero-order valence-electron chi connectivity index (χ0n) is 11.8. The van der Waals surface area contributed by atoms with Gasteiger partial charge in [0, 0.05) is 25.4 Å². The van der Waals surface area contributed by atoms with Crippen LogP contribution in [-0.2, 0) is 9.47 Å². The van der Waals surface area contributed by atoms with Gasteiger partial charge < -0.3 is 14.4 Å². The maximum Gasteiger partial charge on any atom is 0.242 e. The Bertz CT molecular complexity index is 465. The molecule has 116 valence electrons. The van der Waals surface area contributed by atoms with Gasteiger partial charge in [-0.1, -0.05) is 11.8 Å². The highest BCUT2D eigenvalue weighted by molar-refractivity contribution is 7.99. The van der Waals surface area contributed by atoms with Gasteiger partial charge in [-0.3, -0.25) is 5.43 Å². The minimum Gasteiger partial charge on any atom is -0.378 e.